The van der Waals surface area contributed by atoms with E-state index in [2.05, 4.69) is 55.6 Å². The highest BCUT2D eigenvalue weighted by atomic mass is 79.9. The molecule has 4 N–H and O–H groups in total. The molecule has 4 rings (SSSR count). The number of aliphatic hydroxyl groups is 1. The Balaban J connectivity index is 1.46. The van der Waals surface area contributed by atoms with Crippen LogP contribution in [0.2, 0.25) is 0 Å². The van der Waals surface area contributed by atoms with Crippen LogP contribution in [0.15, 0.2) is 39.1 Å². The normalized spacial score (nSPS) is 15.8. The number of H-pyrrole nitrogens is 1. The third kappa shape index (κ3) is 5.50. The van der Waals surface area contributed by atoms with Crippen molar-refractivity contribution in [2.75, 3.05) is 18.8 Å². The second-order valence-electron chi connectivity index (χ2n) is 8.52. The van der Waals surface area contributed by atoms with Crippen LogP contribution in [0.1, 0.15) is 38.7 Å². The molecule has 176 valence electrons. The Kier molecular flexibility index (Phi) is 7.55. The van der Waals surface area contributed by atoms with E-state index in [0.717, 1.165) is 57.9 Å². The van der Waals surface area contributed by atoms with Gasteiger partial charge in [-0.25, -0.2) is 4.57 Å². The molecule has 3 aromatic rings. The van der Waals surface area contributed by atoms with Gasteiger partial charge in [-0.1, -0.05) is 23.0 Å². The van der Waals surface area contributed by atoms with Crippen LogP contribution in [-0.2, 0) is 17.8 Å². The number of halogens is 1. The van der Waals surface area contributed by atoms with Gasteiger partial charge in [0.25, 0.3) is 11.6 Å². The highest BCUT2D eigenvalue weighted by Crippen LogP contribution is 2.34. The minimum atomic E-state index is -0.928. The molecule has 3 heterocycles. The number of rotatable bonds is 7. The van der Waals surface area contributed by atoms with Crippen LogP contribution < -0.4 is 10.3 Å². The molecule has 1 amide bonds. The zero-order valence-electron chi connectivity index (χ0n) is 18.9. The number of carbonyl (C=O) groups excluding carboxylic acids is 1. The molecule has 10 heteroatoms. The van der Waals surface area contributed by atoms with Crippen molar-refractivity contribution in [3.63, 3.8) is 0 Å². The van der Waals surface area contributed by atoms with Crippen molar-refractivity contribution in [1.82, 2.24) is 19.9 Å². The van der Waals surface area contributed by atoms with Crippen LogP contribution in [0.5, 0.6) is 0 Å². The van der Waals surface area contributed by atoms with Gasteiger partial charge >= 0.3 is 0 Å². The molecule has 1 saturated heterocycles. The number of piperidine rings is 1. The largest absolute Gasteiger partial charge is 0.384 e. The molecule has 0 bridgehead atoms. The van der Waals surface area contributed by atoms with Gasteiger partial charge in [0.1, 0.15) is 6.10 Å². The Labute approximate surface area is 206 Å². The standard InChI is InChI=1S/C23H29BrN6O2S/c1-3-15-4-5-17(24)18(12-15)33-23-27-19-20(25)26-13-30(21(19)28-23)11-8-16-6-9-29(10-7-16)22(32)14(2)31/h4-5,12-14,16,31H,3,6-11H2,1-2H3,(H2,25,27,28)/p+1/t14-/m0/s1. The van der Waals surface area contributed by atoms with E-state index in [1.807, 2.05) is 0 Å². The van der Waals surface area contributed by atoms with Gasteiger partial charge < -0.3 is 20.7 Å². The number of anilines is 1. The van der Waals surface area contributed by atoms with Crippen LogP contribution in [0, 0.1) is 5.92 Å². The first-order valence-electron chi connectivity index (χ1n) is 11.3. The Morgan fingerprint density at radius 3 is 2.88 bits per heavy atom. The number of aliphatic hydroxyl groups excluding tert-OH is 1. The summed E-state index contributed by atoms with van der Waals surface area (Å²) in [7, 11) is 0. The van der Waals surface area contributed by atoms with E-state index in [-0.39, 0.29) is 5.91 Å². The smallest absolute Gasteiger partial charge is 0.294 e. The Morgan fingerprint density at radius 1 is 1.42 bits per heavy atom. The fourth-order valence-electron chi connectivity index (χ4n) is 4.17. The van der Waals surface area contributed by atoms with Gasteiger partial charge in [-0.3, -0.25) is 4.79 Å². The number of nitrogens with one attached hydrogen (secondary N) is 1. The lowest BCUT2D eigenvalue weighted by molar-refractivity contribution is -0.677. The van der Waals surface area contributed by atoms with E-state index in [9.17, 15) is 9.90 Å². The van der Waals surface area contributed by atoms with E-state index >= 15 is 0 Å². The maximum Gasteiger partial charge on any atom is 0.294 e. The average Bonchev–Trinajstić information content (AvgIpc) is 3.24. The molecule has 2 aromatic heterocycles. The monoisotopic (exact) mass is 533 g/mol. The van der Waals surface area contributed by atoms with Crippen LogP contribution in [0.25, 0.3) is 11.2 Å². The fraction of sp³-hybridized carbons (Fsp3) is 0.478. The van der Waals surface area contributed by atoms with Gasteiger partial charge in [0.15, 0.2) is 5.52 Å². The molecule has 0 unspecified atom stereocenters. The molecule has 0 saturated carbocycles. The lowest BCUT2D eigenvalue weighted by atomic mass is 9.93. The Bertz CT molecular complexity index is 1140. The summed E-state index contributed by atoms with van der Waals surface area (Å²) < 4.78 is 3.08. The number of amides is 1. The van der Waals surface area contributed by atoms with Crippen molar-refractivity contribution >= 4 is 50.6 Å². The van der Waals surface area contributed by atoms with E-state index in [0.29, 0.717) is 24.8 Å². The molecule has 8 nitrogen and oxygen atoms in total. The minimum Gasteiger partial charge on any atom is -0.384 e. The lowest BCUT2D eigenvalue weighted by Gasteiger charge is -2.32. The molecule has 1 aliphatic rings. The number of likely N-dealkylation sites (tertiary alicyclic amines) is 1. The molecule has 0 spiro atoms. The maximum atomic E-state index is 12.0. The van der Waals surface area contributed by atoms with Gasteiger partial charge in [-0.2, -0.15) is 0 Å². The number of nitrogen functional groups attached to an aromatic ring is 1. The lowest BCUT2D eigenvalue weighted by Crippen LogP contribution is -2.44. The van der Waals surface area contributed by atoms with Crippen LogP contribution in [0.3, 0.4) is 0 Å². The first-order valence-corrected chi connectivity index (χ1v) is 12.9. The highest BCUT2D eigenvalue weighted by Gasteiger charge is 2.26. The topological polar surface area (TPSA) is 112 Å². The van der Waals surface area contributed by atoms with Crippen molar-refractivity contribution < 1.29 is 14.5 Å². The number of benzene rings is 1. The second kappa shape index (κ2) is 10.4. The van der Waals surface area contributed by atoms with Gasteiger partial charge in [0.05, 0.1) is 6.54 Å². The predicted octanol–water partition coefficient (Wildman–Crippen LogP) is 3.31. The van der Waals surface area contributed by atoms with Crippen molar-refractivity contribution in [3.05, 3.63) is 34.6 Å². The van der Waals surface area contributed by atoms with Crippen LogP contribution in [0.4, 0.5) is 5.82 Å². The molecular weight excluding hydrogens is 504 g/mol. The highest BCUT2D eigenvalue weighted by molar-refractivity contribution is 9.10. The maximum absolute atomic E-state index is 12.0. The second-order valence-corrected chi connectivity index (χ2v) is 10.4. The summed E-state index contributed by atoms with van der Waals surface area (Å²) in [6, 6.07) is 6.36. The molecule has 0 aliphatic carbocycles. The summed E-state index contributed by atoms with van der Waals surface area (Å²) in [6.45, 7) is 5.85. The van der Waals surface area contributed by atoms with E-state index in [1.165, 1.54) is 12.5 Å². The fourth-order valence-corrected chi connectivity index (χ4v) is 5.53. The first-order chi connectivity index (χ1) is 15.9. The number of fused-ring (bicyclic) bond motifs is 1. The molecule has 1 fully saturated rings. The number of carbonyl (C=O) groups is 1. The summed E-state index contributed by atoms with van der Waals surface area (Å²) >= 11 is 5.21. The number of hydrogen-bond acceptors (Lipinski definition) is 6. The van der Waals surface area contributed by atoms with Gasteiger partial charge in [-0.15, -0.1) is 0 Å². The number of aromatic amines is 1. The van der Waals surface area contributed by atoms with Crippen LogP contribution >= 0.6 is 27.7 Å². The van der Waals surface area contributed by atoms with Gasteiger partial charge in [-0.05, 0) is 83.9 Å². The summed E-state index contributed by atoms with van der Waals surface area (Å²) in [5.41, 5.74) is 8.97. The van der Waals surface area contributed by atoms with Crippen molar-refractivity contribution in [2.45, 2.75) is 62.2 Å². The van der Waals surface area contributed by atoms with Crippen LogP contribution in [-0.4, -0.2) is 50.1 Å². The Morgan fingerprint density at radius 2 is 2.18 bits per heavy atom. The number of aromatic nitrogens is 4. The number of aryl methyl sites for hydroxylation is 2. The number of hydrogen-bond donors (Lipinski definition) is 3. The van der Waals surface area contributed by atoms with E-state index < -0.39 is 6.10 Å². The Hall–Kier alpha value is -2.17. The SMILES string of the molecule is CCc1ccc(Br)c(Sc2nc3c([nH]2)c(N)nc[n+]3CCC2CCN(C(=O)[C@H](C)O)CC2)c1. The van der Waals surface area contributed by atoms with Gasteiger partial charge in [0, 0.05) is 22.5 Å². The summed E-state index contributed by atoms with van der Waals surface area (Å²) in [5, 5.41) is 10.3. The summed E-state index contributed by atoms with van der Waals surface area (Å²) in [5.74, 6) is 0.778. The molecule has 1 aromatic carbocycles. The van der Waals surface area contributed by atoms with Gasteiger partial charge in [0.2, 0.25) is 17.3 Å². The number of nitrogens with two attached hydrogens (primary N) is 1. The number of imidazole rings is 1. The quantitative estimate of drug-likeness (QED) is 0.401. The van der Waals surface area contributed by atoms with Crippen molar-refractivity contribution in [1.29, 1.82) is 0 Å². The first kappa shape index (κ1) is 24.0. The molecule has 1 atom stereocenters. The third-order valence-corrected chi connectivity index (χ3v) is 8.10. The van der Waals surface area contributed by atoms with E-state index in [1.54, 1.807) is 23.0 Å². The third-order valence-electron chi connectivity index (χ3n) is 6.20. The molecule has 0 radical (unpaired) electrons. The zero-order chi connectivity index (χ0) is 23.5. The van der Waals surface area contributed by atoms with Crippen molar-refractivity contribution in [3.8, 4) is 0 Å². The molecule has 33 heavy (non-hydrogen) atoms. The number of nitrogens with zero attached hydrogens (tertiary/aromatic N) is 4. The van der Waals surface area contributed by atoms with Crippen molar-refractivity contribution in [2.24, 2.45) is 5.92 Å². The zero-order valence-corrected chi connectivity index (χ0v) is 21.3. The molecule has 1 aliphatic heterocycles. The molecular formula is C23H30BrN6O2S+. The average molecular weight is 535 g/mol. The summed E-state index contributed by atoms with van der Waals surface area (Å²) in [6.07, 6.45) is 4.66. The predicted molar refractivity (Wildman–Crippen MR) is 132 cm³/mol. The minimum absolute atomic E-state index is 0.176. The van der Waals surface area contributed by atoms with E-state index in [4.69, 9.17) is 10.7 Å². The summed E-state index contributed by atoms with van der Waals surface area (Å²) in [4.78, 5) is 27.4.